The molecule has 110 valence electrons. The number of nitrogen functional groups attached to an aromatic ring is 1. The Balaban J connectivity index is 2.17. The van der Waals surface area contributed by atoms with Gasteiger partial charge in [-0.3, -0.25) is 4.79 Å². The van der Waals surface area contributed by atoms with Crippen molar-refractivity contribution in [2.24, 2.45) is 0 Å². The van der Waals surface area contributed by atoms with E-state index < -0.39 is 0 Å². The average Bonchev–Trinajstić information content (AvgIpc) is 2.54. The second-order valence-electron chi connectivity index (χ2n) is 4.80. The van der Waals surface area contributed by atoms with Crippen LogP contribution in [0.2, 0.25) is 0 Å². The molecule has 0 radical (unpaired) electrons. The minimum atomic E-state index is -0.228. The molecule has 0 unspecified atom stereocenters. The van der Waals surface area contributed by atoms with E-state index in [0.29, 0.717) is 23.0 Å². The van der Waals surface area contributed by atoms with Gasteiger partial charge in [-0.2, -0.15) is 0 Å². The second-order valence-corrected chi connectivity index (χ2v) is 4.80. The Morgan fingerprint density at radius 1 is 1.09 bits per heavy atom. The zero-order chi connectivity index (χ0) is 15.5. The summed E-state index contributed by atoms with van der Waals surface area (Å²) in [6, 6.07) is 16.1. The summed E-state index contributed by atoms with van der Waals surface area (Å²) in [5, 5.41) is 0. The maximum absolute atomic E-state index is 12.0. The molecule has 2 aromatic carbocycles. The van der Waals surface area contributed by atoms with E-state index in [1.54, 1.807) is 19.2 Å². The fraction of sp³-hybridized carbons (Fsp3) is 0.0588. The van der Waals surface area contributed by atoms with Crippen LogP contribution >= 0.6 is 0 Å². The molecular weight excluding hydrogens is 278 g/mol. The Bertz CT molecular complexity index is 872. The Morgan fingerprint density at radius 3 is 2.68 bits per heavy atom. The van der Waals surface area contributed by atoms with Gasteiger partial charge < -0.3 is 15.5 Å². The molecule has 3 aromatic rings. The Morgan fingerprint density at radius 2 is 1.91 bits per heavy atom. The highest BCUT2D eigenvalue weighted by atomic mass is 16.5. The SMILES string of the molecule is COc1ccccc1-c1nc(-c2cccc(N)c2)cc(=O)[nH]1. The van der Waals surface area contributed by atoms with E-state index >= 15 is 0 Å². The van der Waals surface area contributed by atoms with E-state index in [9.17, 15) is 4.79 Å². The van der Waals surface area contributed by atoms with Gasteiger partial charge >= 0.3 is 0 Å². The lowest BCUT2D eigenvalue weighted by Crippen LogP contribution is -2.09. The number of hydrogen-bond acceptors (Lipinski definition) is 4. The minimum absolute atomic E-state index is 0.228. The number of nitrogens with one attached hydrogen (secondary N) is 1. The molecule has 1 heterocycles. The van der Waals surface area contributed by atoms with E-state index in [0.717, 1.165) is 11.1 Å². The number of aromatic nitrogens is 2. The van der Waals surface area contributed by atoms with Gasteiger partial charge in [0.1, 0.15) is 11.6 Å². The lowest BCUT2D eigenvalue weighted by molar-refractivity contribution is 0.416. The van der Waals surface area contributed by atoms with E-state index in [1.807, 2.05) is 36.4 Å². The first-order chi connectivity index (χ1) is 10.7. The number of nitrogens with zero attached hydrogens (tertiary/aromatic N) is 1. The van der Waals surface area contributed by atoms with Crippen molar-refractivity contribution in [2.75, 3.05) is 12.8 Å². The monoisotopic (exact) mass is 293 g/mol. The van der Waals surface area contributed by atoms with E-state index in [-0.39, 0.29) is 5.56 Å². The van der Waals surface area contributed by atoms with Gasteiger partial charge in [-0.25, -0.2) is 4.98 Å². The van der Waals surface area contributed by atoms with Crippen molar-refractivity contribution in [1.82, 2.24) is 9.97 Å². The molecule has 0 bridgehead atoms. The normalized spacial score (nSPS) is 10.4. The van der Waals surface area contributed by atoms with Crippen molar-refractivity contribution in [1.29, 1.82) is 0 Å². The van der Waals surface area contributed by atoms with Crippen LogP contribution in [0.1, 0.15) is 0 Å². The molecule has 0 atom stereocenters. The van der Waals surface area contributed by atoms with Crippen LogP contribution in [0, 0.1) is 0 Å². The summed E-state index contributed by atoms with van der Waals surface area (Å²) in [5.41, 5.74) is 8.28. The van der Waals surface area contributed by atoms with Crippen LogP contribution < -0.4 is 16.0 Å². The zero-order valence-corrected chi connectivity index (χ0v) is 12.0. The highest BCUT2D eigenvalue weighted by Gasteiger charge is 2.10. The number of aromatic amines is 1. The van der Waals surface area contributed by atoms with Gasteiger partial charge in [-0.05, 0) is 24.3 Å². The standard InChI is InChI=1S/C17H15N3O2/c1-22-15-8-3-2-7-13(15)17-19-14(10-16(21)20-17)11-5-4-6-12(18)9-11/h2-10H,18H2,1H3,(H,19,20,21). The van der Waals surface area contributed by atoms with Gasteiger partial charge in [0.2, 0.25) is 0 Å². The van der Waals surface area contributed by atoms with Crippen molar-refractivity contribution in [3.05, 3.63) is 65.0 Å². The van der Waals surface area contributed by atoms with Crippen LogP contribution in [0.15, 0.2) is 59.4 Å². The number of H-pyrrole nitrogens is 1. The fourth-order valence-electron chi connectivity index (χ4n) is 2.27. The lowest BCUT2D eigenvalue weighted by atomic mass is 10.1. The number of anilines is 1. The van der Waals surface area contributed by atoms with Crippen LogP contribution in [0.4, 0.5) is 5.69 Å². The molecule has 0 aliphatic heterocycles. The largest absolute Gasteiger partial charge is 0.496 e. The zero-order valence-electron chi connectivity index (χ0n) is 12.0. The number of methoxy groups -OCH3 is 1. The van der Waals surface area contributed by atoms with Crippen molar-refractivity contribution >= 4 is 5.69 Å². The van der Waals surface area contributed by atoms with Crippen molar-refractivity contribution in [2.45, 2.75) is 0 Å². The molecule has 0 saturated heterocycles. The van der Waals surface area contributed by atoms with Crippen molar-refractivity contribution in [3.8, 4) is 28.4 Å². The summed E-state index contributed by atoms with van der Waals surface area (Å²) in [5.74, 6) is 1.11. The smallest absolute Gasteiger partial charge is 0.251 e. The molecule has 0 amide bonds. The van der Waals surface area contributed by atoms with Crippen LogP contribution in [0.5, 0.6) is 5.75 Å². The molecule has 3 N–H and O–H groups in total. The molecule has 1 aromatic heterocycles. The van der Waals surface area contributed by atoms with Crippen LogP contribution in [-0.4, -0.2) is 17.1 Å². The van der Waals surface area contributed by atoms with E-state index in [4.69, 9.17) is 10.5 Å². The number of hydrogen-bond donors (Lipinski definition) is 2. The maximum Gasteiger partial charge on any atom is 0.251 e. The van der Waals surface area contributed by atoms with Crippen LogP contribution in [0.25, 0.3) is 22.6 Å². The number of ether oxygens (including phenoxy) is 1. The summed E-state index contributed by atoms with van der Waals surface area (Å²) in [4.78, 5) is 19.3. The van der Waals surface area contributed by atoms with Gasteiger partial charge in [-0.1, -0.05) is 24.3 Å². The Labute approximate surface area is 127 Å². The molecule has 5 heteroatoms. The Kier molecular flexibility index (Phi) is 3.62. The summed E-state index contributed by atoms with van der Waals surface area (Å²) < 4.78 is 5.32. The molecule has 0 aliphatic rings. The lowest BCUT2D eigenvalue weighted by Gasteiger charge is -2.09. The molecule has 5 nitrogen and oxygen atoms in total. The van der Waals surface area contributed by atoms with Crippen LogP contribution in [0.3, 0.4) is 0 Å². The highest BCUT2D eigenvalue weighted by Crippen LogP contribution is 2.27. The molecule has 0 fully saturated rings. The third-order valence-electron chi connectivity index (χ3n) is 3.29. The summed E-state index contributed by atoms with van der Waals surface area (Å²) in [7, 11) is 1.58. The van der Waals surface area contributed by atoms with Gasteiger partial charge in [-0.15, -0.1) is 0 Å². The third-order valence-corrected chi connectivity index (χ3v) is 3.29. The van der Waals surface area contributed by atoms with E-state index in [2.05, 4.69) is 9.97 Å². The maximum atomic E-state index is 12.0. The third kappa shape index (κ3) is 2.69. The van der Waals surface area contributed by atoms with Gasteiger partial charge in [0.25, 0.3) is 5.56 Å². The predicted octanol–water partition coefficient (Wildman–Crippen LogP) is 2.69. The van der Waals surface area contributed by atoms with Gasteiger partial charge in [0, 0.05) is 17.3 Å². The summed E-state index contributed by atoms with van der Waals surface area (Å²) >= 11 is 0. The quantitative estimate of drug-likeness (QED) is 0.727. The predicted molar refractivity (Wildman–Crippen MR) is 86.7 cm³/mol. The molecule has 0 saturated carbocycles. The first-order valence-corrected chi connectivity index (χ1v) is 6.78. The molecular formula is C17H15N3O2. The number of nitrogens with two attached hydrogens (primary N) is 1. The number of rotatable bonds is 3. The first-order valence-electron chi connectivity index (χ1n) is 6.78. The summed E-state index contributed by atoms with van der Waals surface area (Å²) in [6.07, 6.45) is 0. The van der Waals surface area contributed by atoms with E-state index in [1.165, 1.54) is 6.07 Å². The van der Waals surface area contributed by atoms with Gasteiger partial charge in [0.15, 0.2) is 0 Å². The fourth-order valence-corrected chi connectivity index (χ4v) is 2.27. The highest BCUT2D eigenvalue weighted by molar-refractivity contribution is 5.69. The first kappa shape index (κ1) is 13.9. The summed E-state index contributed by atoms with van der Waals surface area (Å²) in [6.45, 7) is 0. The van der Waals surface area contributed by atoms with Gasteiger partial charge in [0.05, 0.1) is 18.4 Å². The average molecular weight is 293 g/mol. The van der Waals surface area contributed by atoms with Crippen molar-refractivity contribution < 1.29 is 4.74 Å². The van der Waals surface area contributed by atoms with Crippen LogP contribution in [-0.2, 0) is 0 Å². The molecule has 0 aliphatic carbocycles. The Hall–Kier alpha value is -3.08. The number of benzene rings is 2. The van der Waals surface area contributed by atoms with Crippen molar-refractivity contribution in [3.63, 3.8) is 0 Å². The number of para-hydroxylation sites is 1. The molecule has 3 rings (SSSR count). The molecule has 22 heavy (non-hydrogen) atoms. The molecule has 0 spiro atoms. The minimum Gasteiger partial charge on any atom is -0.496 e. The topological polar surface area (TPSA) is 81.0 Å². The second kappa shape index (κ2) is 5.73.